The van der Waals surface area contributed by atoms with E-state index in [1.165, 1.54) is 66.7 Å². The highest BCUT2D eigenvalue weighted by molar-refractivity contribution is 6.15. The van der Waals surface area contributed by atoms with Gasteiger partial charge in [0.1, 0.15) is 0 Å². The molecule has 0 aliphatic carbocycles. The molecule has 108 heavy (non-hydrogen) atoms. The first-order chi connectivity index (χ1) is 50.6. The third-order valence-corrected chi connectivity index (χ3v) is 18.8. The van der Waals surface area contributed by atoms with Gasteiger partial charge in [-0.2, -0.15) is 105 Å². The fraction of sp³-hybridized carbons (Fsp3) is 0.104. The molecule has 31 heteroatoms. The van der Waals surface area contributed by atoms with Crippen molar-refractivity contribution in [1.29, 1.82) is 0 Å². The SMILES string of the molecule is FC(F)(F)c1ccc2c(c1)c1cc(C(F)(F)F)ccc1n2-c1cccc(-n2c3ccc(C(F)(F)F)cc3c3cc(C(F)(F)F)ccc32)c1-c1nc(-c2ccccc2)nc(-c2c(-n3c4ccc(C(F)(F)F)cc4c4cc(C(F)(F)F)ccc43)cccc2-n2c3ccc(C(F)(F)F)cc3c3cc(C(F)(F)F)ccc32)n1. The molecule has 0 unspecified atom stereocenters. The van der Waals surface area contributed by atoms with Crippen LogP contribution in [0.15, 0.2) is 212 Å². The lowest BCUT2D eigenvalue weighted by Crippen LogP contribution is -2.10. The van der Waals surface area contributed by atoms with Crippen molar-refractivity contribution in [2.75, 3.05) is 0 Å². The molecule has 7 nitrogen and oxygen atoms in total. The van der Waals surface area contributed by atoms with Crippen molar-refractivity contribution < 1.29 is 105 Å². The summed E-state index contributed by atoms with van der Waals surface area (Å²) in [7, 11) is 0. The normalized spacial score (nSPS) is 13.4. The Morgan fingerprint density at radius 1 is 0.185 bits per heavy atom. The summed E-state index contributed by atoms with van der Waals surface area (Å²) in [6.07, 6.45) is -41.2. The van der Waals surface area contributed by atoms with E-state index in [2.05, 4.69) is 0 Å². The van der Waals surface area contributed by atoms with Gasteiger partial charge in [-0.05, 0) is 170 Å². The van der Waals surface area contributed by atoms with E-state index in [4.69, 9.17) is 15.0 Å². The monoisotopic (exact) mass is 1510 g/mol. The van der Waals surface area contributed by atoms with Crippen LogP contribution in [-0.4, -0.2) is 33.2 Å². The van der Waals surface area contributed by atoms with E-state index in [1.54, 1.807) is 0 Å². The Bertz CT molecular complexity index is 5450. The van der Waals surface area contributed by atoms with Crippen molar-refractivity contribution in [3.63, 3.8) is 0 Å². The lowest BCUT2D eigenvalue weighted by Gasteiger charge is -2.22. The molecule has 0 fully saturated rings. The number of hydrogen-bond acceptors (Lipinski definition) is 3. The molecule has 16 aromatic rings. The standard InChI is InChI=1S/C77H35F24N7/c78-70(79,80)37-12-20-53-45(28-37)46-29-38(71(81,82)83)13-21-54(46)105(53)61-8-4-9-62(106-55-22-14-39(72(84,85)86)30-47(55)48-31-40(73(87,88)89)15-23-56(48)106)65(61)68-102-67(36-6-2-1-3-7-36)103-69(104-68)66-63(107-57-24-16-41(74(90,91)92)32-49(57)50-33-42(75(93,94)95)17-25-58(50)107)10-5-11-64(66)108-59-26-18-43(76(96,97)98)34-51(59)52-35-44(77(99,100)101)19-27-60(52)108/h1-35H. The quantitative estimate of drug-likeness (QED) is 0.149. The Morgan fingerprint density at radius 3 is 0.537 bits per heavy atom. The van der Waals surface area contributed by atoms with Crippen LogP contribution < -0.4 is 0 Å². The minimum absolute atomic E-state index is 0.0281. The molecule has 0 spiro atoms. The zero-order valence-corrected chi connectivity index (χ0v) is 53.4. The molecule has 0 radical (unpaired) electrons. The van der Waals surface area contributed by atoms with Gasteiger partial charge in [0.25, 0.3) is 0 Å². The van der Waals surface area contributed by atoms with Crippen LogP contribution in [0, 0.1) is 0 Å². The largest absolute Gasteiger partial charge is 0.416 e. The molecule has 0 bridgehead atoms. The first-order valence-corrected chi connectivity index (χ1v) is 31.6. The fourth-order valence-electron chi connectivity index (χ4n) is 14.1. The molecule has 16 rings (SSSR count). The maximum Gasteiger partial charge on any atom is 0.416 e. The molecule has 0 amide bonds. The second-order valence-electron chi connectivity index (χ2n) is 25.2. The van der Waals surface area contributed by atoms with Gasteiger partial charge in [0.15, 0.2) is 17.5 Å². The van der Waals surface area contributed by atoms with E-state index < -0.39 is 166 Å². The molecule has 5 aromatic heterocycles. The summed E-state index contributed by atoms with van der Waals surface area (Å²) < 4.78 is 362. The Hall–Kier alpha value is -12.1. The van der Waals surface area contributed by atoms with Crippen molar-refractivity contribution >= 4 is 87.2 Å². The first-order valence-electron chi connectivity index (χ1n) is 31.6. The zero-order chi connectivity index (χ0) is 76.8. The summed E-state index contributed by atoms with van der Waals surface area (Å²) in [6.45, 7) is 0. The van der Waals surface area contributed by atoms with Gasteiger partial charge in [-0.15, -0.1) is 0 Å². The van der Waals surface area contributed by atoms with E-state index in [1.807, 2.05) is 0 Å². The van der Waals surface area contributed by atoms with Gasteiger partial charge in [-0.25, -0.2) is 15.0 Å². The van der Waals surface area contributed by atoms with Gasteiger partial charge in [-0.3, -0.25) is 0 Å². The molecule has 0 aliphatic heterocycles. The summed E-state index contributed by atoms with van der Waals surface area (Å²) in [4.78, 5) is 15.1. The average molecular weight is 1510 g/mol. The number of benzene rings is 11. The number of alkyl halides is 24. The summed E-state index contributed by atoms with van der Waals surface area (Å²) in [5.74, 6) is -1.78. The zero-order valence-electron chi connectivity index (χ0n) is 53.4. The van der Waals surface area contributed by atoms with E-state index in [0.29, 0.717) is 97.1 Å². The van der Waals surface area contributed by atoms with Gasteiger partial charge in [0, 0.05) is 48.7 Å². The van der Waals surface area contributed by atoms with Crippen LogP contribution >= 0.6 is 0 Å². The minimum atomic E-state index is -5.15. The maximum absolute atomic E-state index is 14.9. The van der Waals surface area contributed by atoms with E-state index in [0.717, 1.165) is 66.8 Å². The summed E-state index contributed by atoms with van der Waals surface area (Å²) in [5.41, 5.74) is -15.5. The van der Waals surface area contributed by atoms with Gasteiger partial charge >= 0.3 is 49.4 Å². The summed E-state index contributed by atoms with van der Waals surface area (Å²) in [5, 5.41) is -3.85. The average Bonchev–Trinajstić information content (AvgIpc) is 1.52. The van der Waals surface area contributed by atoms with Crippen LogP contribution in [0.1, 0.15) is 44.5 Å². The number of halogens is 24. The Morgan fingerprint density at radius 2 is 0.361 bits per heavy atom. The number of nitrogens with zero attached hydrogens (tertiary/aromatic N) is 7. The van der Waals surface area contributed by atoms with Crippen LogP contribution in [0.2, 0.25) is 0 Å². The van der Waals surface area contributed by atoms with Crippen LogP contribution in [0.3, 0.4) is 0 Å². The van der Waals surface area contributed by atoms with Crippen molar-refractivity contribution in [2.45, 2.75) is 49.4 Å². The fourth-order valence-corrected chi connectivity index (χ4v) is 14.1. The molecule has 0 aliphatic rings. The number of fused-ring (bicyclic) bond motifs is 12. The molecule has 0 saturated heterocycles. The lowest BCUT2D eigenvalue weighted by atomic mass is 10.1. The van der Waals surface area contributed by atoms with Crippen molar-refractivity contribution in [1.82, 2.24) is 33.2 Å². The smallest absolute Gasteiger partial charge is 0.308 e. The summed E-state index contributed by atoms with van der Waals surface area (Å²) >= 11 is 0. The lowest BCUT2D eigenvalue weighted by molar-refractivity contribution is -0.138. The van der Waals surface area contributed by atoms with Gasteiger partial charge in [0.05, 0.1) is 123 Å². The highest BCUT2D eigenvalue weighted by atomic mass is 19.4. The van der Waals surface area contributed by atoms with Crippen LogP contribution in [0.25, 0.3) is 144 Å². The number of rotatable bonds is 7. The molecule has 0 N–H and O–H groups in total. The van der Waals surface area contributed by atoms with E-state index in [-0.39, 0.29) is 72.4 Å². The second kappa shape index (κ2) is 23.7. The highest BCUT2D eigenvalue weighted by Crippen LogP contribution is 2.51. The second-order valence-corrected chi connectivity index (χ2v) is 25.2. The predicted octanol–water partition coefficient (Wildman–Crippen LogP) is 25.4. The Kier molecular flexibility index (Phi) is 15.4. The van der Waals surface area contributed by atoms with Crippen molar-refractivity contribution in [2.24, 2.45) is 0 Å². The Balaban J connectivity index is 1.11. The third-order valence-electron chi connectivity index (χ3n) is 18.8. The van der Waals surface area contributed by atoms with Gasteiger partial charge in [0.2, 0.25) is 0 Å². The van der Waals surface area contributed by atoms with E-state index in [9.17, 15) is 105 Å². The molecular weight excluding hydrogens is 1480 g/mol. The van der Waals surface area contributed by atoms with Crippen molar-refractivity contribution in [3.8, 4) is 56.9 Å². The molecular formula is C77H35F24N7. The predicted molar refractivity (Wildman–Crippen MR) is 354 cm³/mol. The molecule has 0 saturated carbocycles. The number of aromatic nitrogens is 7. The molecule has 11 aromatic carbocycles. The first kappa shape index (κ1) is 70.3. The Labute approximate surface area is 587 Å². The minimum Gasteiger partial charge on any atom is -0.308 e. The topological polar surface area (TPSA) is 58.4 Å². The highest BCUT2D eigenvalue weighted by Gasteiger charge is 2.41. The third kappa shape index (κ3) is 11.7. The van der Waals surface area contributed by atoms with Crippen molar-refractivity contribution in [3.05, 3.63) is 257 Å². The van der Waals surface area contributed by atoms with Crippen LogP contribution in [0.5, 0.6) is 0 Å². The molecule has 0 atom stereocenters. The summed E-state index contributed by atoms with van der Waals surface area (Å²) in [6, 6.07) is 31.2. The molecule has 5 heterocycles. The maximum atomic E-state index is 14.9. The van der Waals surface area contributed by atoms with Crippen LogP contribution in [-0.2, 0) is 49.4 Å². The van der Waals surface area contributed by atoms with Gasteiger partial charge in [-0.1, -0.05) is 42.5 Å². The van der Waals surface area contributed by atoms with E-state index >= 15 is 0 Å². The molecule has 546 valence electrons. The number of hydrogen-bond donors (Lipinski definition) is 0. The van der Waals surface area contributed by atoms with Crippen LogP contribution in [0.4, 0.5) is 105 Å². The van der Waals surface area contributed by atoms with Gasteiger partial charge < -0.3 is 18.3 Å².